The third-order valence-electron chi connectivity index (χ3n) is 6.00. The zero-order valence-electron chi connectivity index (χ0n) is 18.3. The van der Waals surface area contributed by atoms with Crippen LogP contribution in [-0.4, -0.2) is 27.2 Å². The molecule has 0 aliphatic carbocycles. The summed E-state index contributed by atoms with van der Waals surface area (Å²) in [6, 6.07) is 28.6. The quantitative estimate of drug-likeness (QED) is 0.351. The van der Waals surface area contributed by atoms with Gasteiger partial charge in [-0.05, 0) is 41.3 Å². The molecule has 33 heavy (non-hydrogen) atoms. The van der Waals surface area contributed by atoms with E-state index in [-0.39, 0.29) is 11.8 Å². The van der Waals surface area contributed by atoms with Crippen molar-refractivity contribution in [2.24, 2.45) is 0 Å². The molecule has 0 saturated carbocycles. The number of hydrogen-bond donors (Lipinski definition) is 2. The number of H-pyrrole nitrogens is 1. The summed E-state index contributed by atoms with van der Waals surface area (Å²) in [7, 11) is 0. The zero-order chi connectivity index (χ0) is 22.5. The Morgan fingerprint density at radius 1 is 0.939 bits per heavy atom. The Morgan fingerprint density at radius 2 is 1.67 bits per heavy atom. The highest BCUT2D eigenvalue weighted by molar-refractivity contribution is 5.84. The van der Waals surface area contributed by atoms with Crippen molar-refractivity contribution in [3.63, 3.8) is 0 Å². The van der Waals surface area contributed by atoms with Crippen LogP contribution in [0.15, 0.2) is 104 Å². The van der Waals surface area contributed by atoms with E-state index in [9.17, 15) is 4.79 Å². The molecular weight excluding hydrogens is 408 g/mol. The predicted octanol–water partition coefficient (Wildman–Crippen LogP) is 5.23. The number of para-hydroxylation sites is 2. The molecule has 0 aliphatic rings. The number of nitrogens with one attached hydrogen (secondary N) is 2. The van der Waals surface area contributed by atoms with E-state index in [4.69, 9.17) is 0 Å². The molecule has 3 aromatic carbocycles. The van der Waals surface area contributed by atoms with Gasteiger partial charge >= 0.3 is 0 Å². The first-order valence-corrected chi connectivity index (χ1v) is 11.2. The lowest BCUT2D eigenvalue weighted by Crippen LogP contribution is -2.29. The number of aromatic nitrogens is 3. The van der Waals surface area contributed by atoms with Crippen molar-refractivity contribution in [3.05, 3.63) is 120 Å². The van der Waals surface area contributed by atoms with E-state index in [1.807, 2.05) is 71.7 Å². The van der Waals surface area contributed by atoms with Gasteiger partial charge < -0.3 is 10.3 Å². The molecule has 5 heteroatoms. The fourth-order valence-electron chi connectivity index (χ4n) is 4.25. The maximum Gasteiger partial charge on any atom is 0.220 e. The number of nitrogens with zero attached hydrogens (tertiary/aromatic N) is 2. The molecule has 2 heterocycles. The van der Waals surface area contributed by atoms with E-state index >= 15 is 0 Å². The molecule has 0 spiro atoms. The number of benzene rings is 3. The van der Waals surface area contributed by atoms with Crippen LogP contribution >= 0.6 is 0 Å². The molecule has 0 saturated heterocycles. The summed E-state index contributed by atoms with van der Waals surface area (Å²) in [6.45, 7) is 0.550. The molecule has 5 rings (SSSR count). The summed E-state index contributed by atoms with van der Waals surface area (Å²) >= 11 is 0. The van der Waals surface area contributed by atoms with Crippen LogP contribution in [0.4, 0.5) is 0 Å². The van der Waals surface area contributed by atoms with Gasteiger partial charge in [0.1, 0.15) is 0 Å². The van der Waals surface area contributed by atoms with E-state index in [0.717, 1.165) is 16.8 Å². The summed E-state index contributed by atoms with van der Waals surface area (Å²) in [5, 5.41) is 8.77. The first-order valence-electron chi connectivity index (χ1n) is 11.2. The highest BCUT2D eigenvalue weighted by Gasteiger charge is 2.19. The Kier molecular flexibility index (Phi) is 6.02. The standard InChI is InChI=1S/C28H26N4O/c33-28(16-15-21-17-31-32(20-21)23-11-5-2-6-12-23)30-18-25(22-9-3-1-4-10-22)26-19-29-27-14-8-7-13-24(26)27/h1-14,17,19-20,25,29H,15-16,18H2,(H,30,33). The molecule has 2 N–H and O–H groups in total. The van der Waals surface area contributed by atoms with Crippen molar-refractivity contribution < 1.29 is 4.79 Å². The van der Waals surface area contributed by atoms with Crippen molar-refractivity contribution in [1.82, 2.24) is 20.1 Å². The second-order valence-corrected chi connectivity index (χ2v) is 8.19. The second kappa shape index (κ2) is 9.57. The number of amides is 1. The smallest absolute Gasteiger partial charge is 0.220 e. The number of hydrogen-bond acceptors (Lipinski definition) is 2. The van der Waals surface area contributed by atoms with Gasteiger partial charge in [-0.3, -0.25) is 4.79 Å². The van der Waals surface area contributed by atoms with Crippen molar-refractivity contribution in [2.75, 3.05) is 6.54 Å². The minimum absolute atomic E-state index is 0.0447. The van der Waals surface area contributed by atoms with E-state index in [0.29, 0.717) is 19.4 Å². The summed E-state index contributed by atoms with van der Waals surface area (Å²) < 4.78 is 1.84. The normalized spacial score (nSPS) is 12.0. The molecule has 164 valence electrons. The van der Waals surface area contributed by atoms with Crippen LogP contribution in [0.3, 0.4) is 0 Å². The first-order chi connectivity index (χ1) is 16.3. The monoisotopic (exact) mass is 434 g/mol. The maximum atomic E-state index is 12.7. The third kappa shape index (κ3) is 4.72. The van der Waals surface area contributed by atoms with Gasteiger partial charge in [-0.25, -0.2) is 4.68 Å². The van der Waals surface area contributed by atoms with E-state index in [2.05, 4.69) is 51.9 Å². The van der Waals surface area contributed by atoms with Crippen LogP contribution in [0.5, 0.6) is 0 Å². The van der Waals surface area contributed by atoms with Gasteiger partial charge in [-0.1, -0.05) is 66.7 Å². The zero-order valence-corrected chi connectivity index (χ0v) is 18.3. The largest absolute Gasteiger partial charge is 0.361 e. The number of aromatic amines is 1. The van der Waals surface area contributed by atoms with Gasteiger partial charge in [0.2, 0.25) is 5.91 Å². The highest BCUT2D eigenvalue weighted by atomic mass is 16.1. The van der Waals surface area contributed by atoms with E-state index in [1.54, 1.807) is 0 Å². The maximum absolute atomic E-state index is 12.7. The number of aryl methyl sites for hydroxylation is 1. The Labute approximate surface area is 193 Å². The molecule has 5 nitrogen and oxygen atoms in total. The van der Waals surface area contributed by atoms with Crippen LogP contribution < -0.4 is 5.32 Å². The van der Waals surface area contributed by atoms with Crippen LogP contribution in [0.1, 0.15) is 29.0 Å². The minimum atomic E-state index is 0.0447. The first kappa shape index (κ1) is 20.8. The summed E-state index contributed by atoms with van der Waals surface area (Å²) in [4.78, 5) is 16.1. The molecule has 5 aromatic rings. The summed E-state index contributed by atoms with van der Waals surface area (Å²) in [6.07, 6.45) is 6.96. The lowest BCUT2D eigenvalue weighted by atomic mass is 9.91. The number of carbonyl (C=O) groups is 1. The van der Waals surface area contributed by atoms with Gasteiger partial charge in [-0.15, -0.1) is 0 Å². The lowest BCUT2D eigenvalue weighted by molar-refractivity contribution is -0.121. The van der Waals surface area contributed by atoms with Crippen molar-refractivity contribution in [3.8, 4) is 5.69 Å². The SMILES string of the molecule is O=C(CCc1cnn(-c2ccccc2)c1)NCC(c1ccccc1)c1c[nH]c2ccccc12. The Hall–Kier alpha value is -4.12. The van der Waals surface area contributed by atoms with E-state index in [1.165, 1.54) is 16.5 Å². The molecule has 0 aliphatic heterocycles. The average molecular weight is 435 g/mol. The van der Waals surface area contributed by atoms with Crippen LogP contribution in [0.2, 0.25) is 0 Å². The van der Waals surface area contributed by atoms with Gasteiger partial charge in [0, 0.05) is 42.2 Å². The average Bonchev–Trinajstić information content (AvgIpc) is 3.52. The Bertz CT molecular complexity index is 1340. The fourth-order valence-corrected chi connectivity index (χ4v) is 4.25. The molecule has 2 aromatic heterocycles. The summed E-state index contributed by atoms with van der Waals surface area (Å²) in [5.74, 6) is 0.121. The molecular formula is C28H26N4O. The molecule has 1 unspecified atom stereocenters. The number of rotatable bonds is 8. The predicted molar refractivity (Wildman–Crippen MR) is 131 cm³/mol. The number of fused-ring (bicyclic) bond motifs is 1. The molecule has 1 amide bonds. The molecule has 0 bridgehead atoms. The van der Waals surface area contributed by atoms with Crippen LogP contribution in [0.25, 0.3) is 16.6 Å². The van der Waals surface area contributed by atoms with E-state index < -0.39 is 0 Å². The molecule has 1 atom stereocenters. The molecule has 0 radical (unpaired) electrons. The second-order valence-electron chi connectivity index (χ2n) is 8.19. The van der Waals surface area contributed by atoms with Gasteiger partial charge in [0.05, 0.1) is 11.9 Å². The highest BCUT2D eigenvalue weighted by Crippen LogP contribution is 2.30. The van der Waals surface area contributed by atoms with Crippen LogP contribution in [-0.2, 0) is 11.2 Å². The topological polar surface area (TPSA) is 62.7 Å². The lowest BCUT2D eigenvalue weighted by Gasteiger charge is -2.18. The van der Waals surface area contributed by atoms with Crippen molar-refractivity contribution >= 4 is 16.8 Å². The fraction of sp³-hybridized carbons (Fsp3) is 0.143. The van der Waals surface area contributed by atoms with Gasteiger partial charge in [0.25, 0.3) is 0 Å². The van der Waals surface area contributed by atoms with Crippen LogP contribution in [0, 0.1) is 0 Å². The summed E-state index contributed by atoms with van der Waals surface area (Å²) in [5.41, 5.74) is 5.55. The van der Waals surface area contributed by atoms with Gasteiger partial charge in [0.15, 0.2) is 0 Å². The Balaban J connectivity index is 1.25. The van der Waals surface area contributed by atoms with Crippen molar-refractivity contribution in [1.29, 1.82) is 0 Å². The minimum Gasteiger partial charge on any atom is -0.361 e. The van der Waals surface area contributed by atoms with Crippen molar-refractivity contribution in [2.45, 2.75) is 18.8 Å². The molecule has 0 fully saturated rings. The Morgan fingerprint density at radius 3 is 2.48 bits per heavy atom. The number of carbonyl (C=O) groups excluding carboxylic acids is 1. The van der Waals surface area contributed by atoms with Gasteiger partial charge in [-0.2, -0.15) is 5.10 Å². The third-order valence-corrected chi connectivity index (χ3v) is 6.00.